The lowest BCUT2D eigenvalue weighted by atomic mass is 9.87. The van der Waals surface area contributed by atoms with E-state index in [0.29, 0.717) is 6.42 Å². The predicted molar refractivity (Wildman–Crippen MR) is 99.7 cm³/mol. The van der Waals surface area contributed by atoms with Gasteiger partial charge in [-0.2, -0.15) is 0 Å². The van der Waals surface area contributed by atoms with Crippen molar-refractivity contribution in [1.29, 1.82) is 0 Å². The van der Waals surface area contributed by atoms with E-state index in [4.69, 9.17) is 11.6 Å². The monoisotopic (exact) mass is 352 g/mol. The maximum Gasteiger partial charge on any atom is 0.140 e. The number of halogens is 1. The van der Waals surface area contributed by atoms with Gasteiger partial charge in [-0.1, -0.05) is 62.8 Å². The van der Waals surface area contributed by atoms with E-state index in [1.165, 1.54) is 0 Å². The SMILES string of the molecule is C[Si](C)(C)CC(C(=O)CC1(Cl)CCCC1)C(O)c1ccccc1. The highest BCUT2D eigenvalue weighted by atomic mass is 35.5. The molecule has 1 saturated carbocycles. The molecule has 1 fully saturated rings. The summed E-state index contributed by atoms with van der Waals surface area (Å²) in [5.41, 5.74) is 0.833. The lowest BCUT2D eigenvalue weighted by Gasteiger charge is -2.30. The molecule has 2 unspecified atom stereocenters. The van der Waals surface area contributed by atoms with Gasteiger partial charge in [0.05, 0.1) is 11.0 Å². The number of Topliss-reactive ketones (excluding diaryl/α,β-unsaturated/α-hetero) is 1. The lowest BCUT2D eigenvalue weighted by molar-refractivity contribution is -0.126. The number of hydrogen-bond donors (Lipinski definition) is 1. The molecule has 2 rings (SSSR count). The zero-order chi connectivity index (χ0) is 17.1. The molecule has 128 valence electrons. The second kappa shape index (κ2) is 7.50. The van der Waals surface area contributed by atoms with Gasteiger partial charge in [0.1, 0.15) is 5.78 Å². The van der Waals surface area contributed by atoms with Crippen LogP contribution in [-0.4, -0.2) is 23.8 Å². The number of carbonyl (C=O) groups excluding carboxylic acids is 1. The summed E-state index contributed by atoms with van der Waals surface area (Å²) in [6.45, 7) is 6.74. The van der Waals surface area contributed by atoms with E-state index in [-0.39, 0.29) is 16.6 Å². The average Bonchev–Trinajstić information content (AvgIpc) is 2.90. The lowest BCUT2D eigenvalue weighted by Crippen LogP contribution is -2.35. The summed E-state index contributed by atoms with van der Waals surface area (Å²) in [6.07, 6.45) is 3.72. The first-order chi connectivity index (χ1) is 10.7. The van der Waals surface area contributed by atoms with E-state index in [1.54, 1.807) is 0 Å². The van der Waals surface area contributed by atoms with E-state index in [1.807, 2.05) is 30.3 Å². The first-order valence-corrected chi connectivity index (χ1v) is 12.7. The number of aliphatic hydroxyl groups excluding tert-OH is 1. The molecule has 2 nitrogen and oxygen atoms in total. The van der Waals surface area contributed by atoms with Gasteiger partial charge in [-0.15, -0.1) is 11.6 Å². The van der Waals surface area contributed by atoms with Crippen molar-refractivity contribution in [2.24, 2.45) is 5.92 Å². The van der Waals surface area contributed by atoms with E-state index >= 15 is 0 Å². The van der Waals surface area contributed by atoms with Crippen LogP contribution >= 0.6 is 11.6 Å². The van der Waals surface area contributed by atoms with Crippen LogP contribution in [0.1, 0.15) is 43.8 Å². The molecular weight excluding hydrogens is 324 g/mol. The summed E-state index contributed by atoms with van der Waals surface area (Å²) < 4.78 is 0. The Balaban J connectivity index is 2.18. The highest BCUT2D eigenvalue weighted by Gasteiger charge is 2.39. The third-order valence-corrected chi connectivity index (χ3v) is 6.93. The zero-order valence-corrected chi connectivity index (χ0v) is 16.3. The molecular formula is C19H29ClO2Si. The van der Waals surface area contributed by atoms with E-state index in [2.05, 4.69) is 19.6 Å². The Hall–Kier alpha value is -0.643. The standard InChI is InChI=1S/C19H29ClO2Si/c1-23(2,3)14-16(18(22)15-9-5-4-6-10-15)17(21)13-19(20)11-7-8-12-19/h4-6,9-10,16,18,22H,7-8,11-14H2,1-3H3. The minimum Gasteiger partial charge on any atom is -0.388 e. The van der Waals surface area contributed by atoms with E-state index < -0.39 is 14.2 Å². The van der Waals surface area contributed by atoms with Crippen molar-refractivity contribution in [3.8, 4) is 0 Å². The third-order valence-electron chi connectivity index (χ3n) is 4.76. The number of hydrogen-bond acceptors (Lipinski definition) is 2. The van der Waals surface area contributed by atoms with Crippen molar-refractivity contribution in [2.75, 3.05) is 0 Å². The van der Waals surface area contributed by atoms with Gasteiger partial charge < -0.3 is 5.11 Å². The first-order valence-electron chi connectivity index (χ1n) is 8.65. The van der Waals surface area contributed by atoms with Crippen LogP contribution in [0.25, 0.3) is 0 Å². The number of alkyl halides is 1. The van der Waals surface area contributed by atoms with Gasteiger partial charge in [0.15, 0.2) is 0 Å². The average molecular weight is 353 g/mol. The van der Waals surface area contributed by atoms with Crippen LogP contribution in [0.15, 0.2) is 30.3 Å². The number of ketones is 1. The summed E-state index contributed by atoms with van der Waals surface area (Å²) in [4.78, 5) is 12.6. The number of rotatable bonds is 7. The molecule has 1 aromatic rings. The summed E-state index contributed by atoms with van der Waals surface area (Å²) in [5, 5.41) is 10.8. The van der Waals surface area contributed by atoms with Crippen LogP contribution in [0.2, 0.25) is 25.7 Å². The highest BCUT2D eigenvalue weighted by molar-refractivity contribution is 6.76. The molecule has 1 aliphatic rings. The van der Waals surface area contributed by atoms with Crippen LogP contribution in [0, 0.1) is 5.92 Å². The predicted octanol–water partition coefficient (Wildman–Crippen LogP) is 5.19. The topological polar surface area (TPSA) is 37.3 Å². The van der Waals surface area contributed by atoms with Crippen molar-refractivity contribution in [2.45, 2.75) is 68.8 Å². The van der Waals surface area contributed by atoms with Crippen LogP contribution < -0.4 is 0 Å². The van der Waals surface area contributed by atoms with Gasteiger partial charge in [0, 0.05) is 20.4 Å². The fourth-order valence-electron chi connectivity index (χ4n) is 3.57. The quantitative estimate of drug-likeness (QED) is 0.542. The molecule has 0 amide bonds. The maximum atomic E-state index is 13.0. The molecule has 4 heteroatoms. The molecule has 1 N–H and O–H groups in total. The number of benzene rings is 1. The van der Waals surface area contributed by atoms with Crippen LogP contribution in [-0.2, 0) is 4.79 Å². The number of carbonyl (C=O) groups is 1. The Morgan fingerprint density at radius 2 is 1.78 bits per heavy atom. The Morgan fingerprint density at radius 3 is 2.30 bits per heavy atom. The van der Waals surface area contributed by atoms with Crippen LogP contribution in [0.5, 0.6) is 0 Å². The molecule has 1 aliphatic carbocycles. The zero-order valence-electron chi connectivity index (χ0n) is 14.5. The molecule has 0 aliphatic heterocycles. The molecule has 2 atom stereocenters. The van der Waals surface area contributed by atoms with Crippen molar-refractivity contribution < 1.29 is 9.90 Å². The summed E-state index contributed by atoms with van der Waals surface area (Å²) in [7, 11) is -1.48. The third kappa shape index (κ3) is 5.44. The second-order valence-electron chi connectivity index (χ2n) is 8.23. The molecule has 1 aromatic carbocycles. The Kier molecular flexibility index (Phi) is 6.09. The molecule has 0 aromatic heterocycles. The molecule has 0 spiro atoms. The van der Waals surface area contributed by atoms with Gasteiger partial charge in [-0.3, -0.25) is 4.79 Å². The second-order valence-corrected chi connectivity index (χ2v) is 14.6. The first kappa shape index (κ1) is 18.7. The number of aliphatic hydroxyl groups is 1. The van der Waals surface area contributed by atoms with Crippen LogP contribution in [0.3, 0.4) is 0 Å². The van der Waals surface area contributed by atoms with Gasteiger partial charge in [-0.25, -0.2) is 0 Å². The smallest absolute Gasteiger partial charge is 0.140 e. The van der Waals surface area contributed by atoms with Gasteiger partial charge in [0.2, 0.25) is 0 Å². The highest BCUT2D eigenvalue weighted by Crippen LogP contribution is 2.41. The molecule has 0 radical (unpaired) electrons. The largest absolute Gasteiger partial charge is 0.388 e. The minimum atomic E-state index is -1.48. The molecule has 23 heavy (non-hydrogen) atoms. The van der Waals surface area contributed by atoms with Crippen molar-refractivity contribution in [3.63, 3.8) is 0 Å². The van der Waals surface area contributed by atoms with Crippen molar-refractivity contribution >= 4 is 25.5 Å². The van der Waals surface area contributed by atoms with E-state index in [0.717, 1.165) is 37.3 Å². The van der Waals surface area contributed by atoms with Crippen LogP contribution in [0.4, 0.5) is 0 Å². The Labute approximate surface area is 146 Å². The molecule has 0 heterocycles. The Morgan fingerprint density at radius 1 is 1.22 bits per heavy atom. The normalized spacial score (nSPS) is 20.2. The fourth-order valence-corrected chi connectivity index (χ4v) is 5.74. The fraction of sp³-hybridized carbons (Fsp3) is 0.632. The van der Waals surface area contributed by atoms with Crippen molar-refractivity contribution in [3.05, 3.63) is 35.9 Å². The van der Waals surface area contributed by atoms with Crippen molar-refractivity contribution in [1.82, 2.24) is 0 Å². The minimum absolute atomic E-state index is 0.140. The van der Waals surface area contributed by atoms with Gasteiger partial charge >= 0.3 is 0 Å². The summed E-state index contributed by atoms with van der Waals surface area (Å²) >= 11 is 6.64. The summed E-state index contributed by atoms with van der Waals surface area (Å²) in [6, 6.07) is 10.4. The van der Waals surface area contributed by atoms with Gasteiger partial charge in [-0.05, 0) is 24.4 Å². The molecule has 0 bridgehead atoms. The maximum absolute atomic E-state index is 13.0. The van der Waals surface area contributed by atoms with Gasteiger partial charge in [0.25, 0.3) is 0 Å². The molecule has 0 saturated heterocycles. The Bertz CT molecular complexity index is 518. The van der Waals surface area contributed by atoms with E-state index in [9.17, 15) is 9.90 Å². The summed E-state index contributed by atoms with van der Waals surface area (Å²) in [5.74, 6) is -0.194.